The summed E-state index contributed by atoms with van der Waals surface area (Å²) in [6.45, 7) is 7.18. The van der Waals surface area contributed by atoms with Crippen LogP contribution in [0.4, 0.5) is 5.82 Å². The number of H-pyrrole nitrogens is 1. The van der Waals surface area contributed by atoms with Gasteiger partial charge >= 0.3 is 0 Å². The largest absolute Gasteiger partial charge is 0.359 e. The Bertz CT molecular complexity index is 398. The number of aromatic nitrogens is 2. The Hall–Kier alpha value is -1.32. The second-order valence-electron chi connectivity index (χ2n) is 4.77. The fraction of sp³-hybridized carbons (Fsp3) is 0.692. The summed E-state index contributed by atoms with van der Waals surface area (Å²) >= 11 is 0. The van der Waals surface area contributed by atoms with Gasteiger partial charge in [0.05, 0.1) is 0 Å². The van der Waals surface area contributed by atoms with E-state index >= 15 is 0 Å². The molecule has 0 amide bonds. The van der Waals surface area contributed by atoms with Crippen molar-refractivity contribution in [2.45, 2.75) is 46.0 Å². The first-order valence-electron chi connectivity index (χ1n) is 6.37. The SMILES string of the molecule is CCCCCN(C)c1cc(=O)[nH]c(C(C)C)n1. The molecular weight excluding hydrogens is 214 g/mol. The van der Waals surface area contributed by atoms with Gasteiger partial charge in [-0.1, -0.05) is 33.6 Å². The van der Waals surface area contributed by atoms with E-state index in [0.717, 1.165) is 24.6 Å². The molecule has 96 valence electrons. The first-order chi connectivity index (χ1) is 8.04. The van der Waals surface area contributed by atoms with E-state index in [1.54, 1.807) is 6.07 Å². The number of rotatable bonds is 6. The Morgan fingerprint density at radius 2 is 2.12 bits per heavy atom. The molecule has 0 radical (unpaired) electrons. The third-order valence-electron chi connectivity index (χ3n) is 2.78. The van der Waals surface area contributed by atoms with Crippen LogP contribution >= 0.6 is 0 Å². The molecule has 0 aromatic carbocycles. The van der Waals surface area contributed by atoms with E-state index in [4.69, 9.17) is 0 Å². The molecule has 1 N–H and O–H groups in total. The zero-order chi connectivity index (χ0) is 12.8. The first-order valence-corrected chi connectivity index (χ1v) is 6.37. The molecule has 0 saturated carbocycles. The van der Waals surface area contributed by atoms with Crippen LogP contribution in [0, 0.1) is 0 Å². The Morgan fingerprint density at radius 3 is 2.71 bits per heavy atom. The summed E-state index contributed by atoms with van der Waals surface area (Å²) in [7, 11) is 1.99. The van der Waals surface area contributed by atoms with Gasteiger partial charge in [-0.25, -0.2) is 4.98 Å². The van der Waals surface area contributed by atoms with Crippen molar-refractivity contribution in [3.63, 3.8) is 0 Å². The van der Waals surface area contributed by atoms with Crippen molar-refractivity contribution in [3.8, 4) is 0 Å². The molecule has 17 heavy (non-hydrogen) atoms. The van der Waals surface area contributed by atoms with Crippen molar-refractivity contribution in [1.82, 2.24) is 9.97 Å². The predicted octanol–water partition coefficient (Wildman–Crippen LogP) is 2.52. The monoisotopic (exact) mass is 237 g/mol. The van der Waals surface area contributed by atoms with Crippen LogP contribution in [0.15, 0.2) is 10.9 Å². The number of hydrogen-bond acceptors (Lipinski definition) is 3. The highest BCUT2D eigenvalue weighted by molar-refractivity contribution is 5.36. The smallest absolute Gasteiger partial charge is 0.252 e. The van der Waals surface area contributed by atoms with Gasteiger partial charge in [0.15, 0.2) is 0 Å². The summed E-state index contributed by atoms with van der Waals surface area (Å²) in [6, 6.07) is 1.57. The van der Waals surface area contributed by atoms with Gasteiger partial charge in [-0.2, -0.15) is 0 Å². The van der Waals surface area contributed by atoms with Crippen molar-refractivity contribution in [2.24, 2.45) is 0 Å². The molecule has 0 fully saturated rings. The predicted molar refractivity (Wildman–Crippen MR) is 71.7 cm³/mol. The van der Waals surface area contributed by atoms with E-state index in [-0.39, 0.29) is 11.5 Å². The second kappa shape index (κ2) is 6.42. The third kappa shape index (κ3) is 4.21. The highest BCUT2D eigenvalue weighted by Gasteiger charge is 2.08. The number of nitrogens with one attached hydrogen (secondary N) is 1. The summed E-state index contributed by atoms with van der Waals surface area (Å²) in [5.41, 5.74) is -0.0685. The fourth-order valence-corrected chi connectivity index (χ4v) is 1.65. The van der Waals surface area contributed by atoms with Crippen molar-refractivity contribution in [1.29, 1.82) is 0 Å². The van der Waals surface area contributed by atoms with Crippen LogP contribution in [0.25, 0.3) is 0 Å². The maximum atomic E-state index is 11.5. The van der Waals surface area contributed by atoms with Crippen LogP contribution in [0.1, 0.15) is 51.8 Å². The molecule has 4 nitrogen and oxygen atoms in total. The van der Waals surface area contributed by atoms with E-state index in [1.807, 2.05) is 20.9 Å². The minimum absolute atomic E-state index is 0.0685. The molecule has 0 atom stereocenters. The van der Waals surface area contributed by atoms with E-state index < -0.39 is 0 Å². The normalized spacial score (nSPS) is 10.9. The molecule has 0 aliphatic heterocycles. The van der Waals surface area contributed by atoms with E-state index in [1.165, 1.54) is 12.8 Å². The molecule has 0 aliphatic rings. The Kier molecular flexibility index (Phi) is 5.19. The molecule has 1 rings (SSSR count). The maximum absolute atomic E-state index is 11.5. The van der Waals surface area contributed by atoms with Crippen LogP contribution in [0.2, 0.25) is 0 Å². The summed E-state index contributed by atoms with van der Waals surface area (Å²) < 4.78 is 0. The molecule has 1 aromatic rings. The summed E-state index contributed by atoms with van der Waals surface area (Å²) in [4.78, 5) is 20.8. The van der Waals surface area contributed by atoms with E-state index in [9.17, 15) is 4.79 Å². The Balaban J connectivity index is 2.79. The fourth-order valence-electron chi connectivity index (χ4n) is 1.65. The quantitative estimate of drug-likeness (QED) is 0.773. The lowest BCUT2D eigenvalue weighted by Crippen LogP contribution is -2.23. The maximum Gasteiger partial charge on any atom is 0.252 e. The van der Waals surface area contributed by atoms with Crippen molar-refractivity contribution >= 4 is 5.82 Å². The van der Waals surface area contributed by atoms with Gasteiger partial charge in [0.2, 0.25) is 0 Å². The molecule has 0 saturated heterocycles. The van der Waals surface area contributed by atoms with Crippen molar-refractivity contribution < 1.29 is 0 Å². The Morgan fingerprint density at radius 1 is 1.41 bits per heavy atom. The van der Waals surface area contributed by atoms with Crippen LogP contribution in [-0.4, -0.2) is 23.6 Å². The van der Waals surface area contributed by atoms with E-state index in [2.05, 4.69) is 21.8 Å². The molecule has 0 bridgehead atoms. The number of nitrogens with zero attached hydrogens (tertiary/aromatic N) is 2. The summed E-state index contributed by atoms with van der Waals surface area (Å²) in [5.74, 6) is 1.77. The van der Waals surface area contributed by atoms with Crippen LogP contribution in [-0.2, 0) is 0 Å². The molecule has 0 aliphatic carbocycles. The van der Waals surface area contributed by atoms with Crippen LogP contribution < -0.4 is 10.5 Å². The van der Waals surface area contributed by atoms with Gasteiger partial charge in [0.25, 0.3) is 5.56 Å². The molecular formula is C13H23N3O. The van der Waals surface area contributed by atoms with Crippen molar-refractivity contribution in [2.75, 3.05) is 18.5 Å². The molecule has 4 heteroatoms. The number of aromatic amines is 1. The molecule has 0 unspecified atom stereocenters. The number of unbranched alkanes of at least 4 members (excludes halogenated alkanes) is 2. The lowest BCUT2D eigenvalue weighted by atomic mass is 10.2. The standard InChI is InChI=1S/C13H23N3O/c1-5-6-7-8-16(4)11-9-12(17)15-13(14-11)10(2)3/h9-10H,5-8H2,1-4H3,(H,14,15,17). The summed E-state index contributed by atoms with van der Waals surface area (Å²) in [5, 5.41) is 0. The van der Waals surface area contributed by atoms with Gasteiger partial charge in [-0.05, 0) is 6.42 Å². The second-order valence-corrected chi connectivity index (χ2v) is 4.77. The first kappa shape index (κ1) is 13.7. The van der Waals surface area contributed by atoms with Gasteiger partial charge in [-0.3, -0.25) is 4.79 Å². The van der Waals surface area contributed by atoms with Gasteiger partial charge in [0.1, 0.15) is 11.6 Å². The number of hydrogen-bond donors (Lipinski definition) is 1. The minimum atomic E-state index is -0.0685. The average molecular weight is 237 g/mol. The molecule has 0 spiro atoms. The van der Waals surface area contributed by atoms with Gasteiger partial charge in [-0.15, -0.1) is 0 Å². The summed E-state index contributed by atoms with van der Waals surface area (Å²) in [6.07, 6.45) is 3.55. The van der Waals surface area contributed by atoms with Gasteiger partial charge < -0.3 is 9.88 Å². The van der Waals surface area contributed by atoms with E-state index in [0.29, 0.717) is 0 Å². The van der Waals surface area contributed by atoms with Crippen molar-refractivity contribution in [3.05, 3.63) is 22.2 Å². The topological polar surface area (TPSA) is 49.0 Å². The lowest BCUT2D eigenvalue weighted by molar-refractivity contribution is 0.693. The average Bonchev–Trinajstić information content (AvgIpc) is 2.28. The lowest BCUT2D eigenvalue weighted by Gasteiger charge is -2.18. The van der Waals surface area contributed by atoms with Crippen LogP contribution in [0.5, 0.6) is 0 Å². The molecule has 1 aromatic heterocycles. The van der Waals surface area contributed by atoms with Crippen LogP contribution in [0.3, 0.4) is 0 Å². The minimum Gasteiger partial charge on any atom is -0.359 e. The molecule has 1 heterocycles. The highest BCUT2D eigenvalue weighted by atomic mass is 16.1. The third-order valence-corrected chi connectivity index (χ3v) is 2.78. The highest BCUT2D eigenvalue weighted by Crippen LogP contribution is 2.12. The number of anilines is 1. The van der Waals surface area contributed by atoms with Gasteiger partial charge in [0, 0.05) is 25.6 Å². The Labute approximate surface area is 103 Å². The zero-order valence-corrected chi connectivity index (χ0v) is 11.3. The zero-order valence-electron chi connectivity index (χ0n) is 11.3.